The van der Waals surface area contributed by atoms with E-state index < -0.39 is 0 Å². The highest BCUT2D eigenvalue weighted by Crippen LogP contribution is 2.49. The third-order valence-electron chi connectivity index (χ3n) is 7.65. The Bertz CT molecular complexity index is 952. The Kier molecular flexibility index (Phi) is 5.32. The maximum absolute atomic E-state index is 13.8. The molecule has 3 aliphatic rings. The van der Waals surface area contributed by atoms with Crippen molar-refractivity contribution in [3.63, 3.8) is 0 Å². The summed E-state index contributed by atoms with van der Waals surface area (Å²) in [4.78, 5) is 18.9. The molecule has 0 N–H and O–H groups in total. The fourth-order valence-electron chi connectivity index (χ4n) is 6.16. The molecule has 1 aromatic carbocycles. The zero-order valence-corrected chi connectivity index (χ0v) is 18.4. The summed E-state index contributed by atoms with van der Waals surface area (Å²) in [5.74, 6) is 0.631. The third-order valence-corrected chi connectivity index (χ3v) is 8.33. The number of thioether (sulfide) groups is 1. The van der Waals surface area contributed by atoms with Gasteiger partial charge in [-0.1, -0.05) is 74.6 Å². The molecule has 0 atom stereocenters. The van der Waals surface area contributed by atoms with E-state index in [1.807, 2.05) is 4.57 Å². The molecular formula is C25H32N2OS. The van der Waals surface area contributed by atoms with Crippen LogP contribution in [-0.4, -0.2) is 15.8 Å². The molecule has 0 radical (unpaired) electrons. The van der Waals surface area contributed by atoms with Crippen molar-refractivity contribution >= 4 is 11.8 Å². The molecule has 1 aromatic heterocycles. The normalized spacial score (nSPS) is 21.0. The minimum Gasteiger partial charge on any atom is -0.287 e. The average molecular weight is 409 g/mol. The van der Waals surface area contributed by atoms with Gasteiger partial charge in [0, 0.05) is 23.1 Å². The number of nitrogens with zero attached hydrogens (tertiary/aromatic N) is 2. The summed E-state index contributed by atoms with van der Waals surface area (Å²) >= 11 is 1.62. The molecule has 0 aliphatic heterocycles. The maximum Gasteiger partial charge on any atom is 0.258 e. The van der Waals surface area contributed by atoms with Crippen LogP contribution in [0, 0.1) is 5.92 Å². The van der Waals surface area contributed by atoms with Gasteiger partial charge in [0.05, 0.1) is 5.69 Å². The minimum atomic E-state index is 0.145. The van der Waals surface area contributed by atoms with Gasteiger partial charge in [-0.2, -0.15) is 0 Å². The van der Waals surface area contributed by atoms with E-state index in [4.69, 9.17) is 4.98 Å². The highest BCUT2D eigenvalue weighted by molar-refractivity contribution is 7.98. The molecule has 0 amide bonds. The van der Waals surface area contributed by atoms with Crippen LogP contribution in [-0.2, 0) is 18.4 Å². The molecule has 154 valence electrons. The second-order valence-corrected chi connectivity index (χ2v) is 10.2. The Morgan fingerprint density at radius 2 is 1.79 bits per heavy atom. The van der Waals surface area contributed by atoms with Gasteiger partial charge in [-0.15, -0.1) is 0 Å². The van der Waals surface area contributed by atoms with Crippen LogP contribution in [0.3, 0.4) is 0 Å². The molecule has 0 unspecified atom stereocenters. The summed E-state index contributed by atoms with van der Waals surface area (Å²) in [6.07, 6.45) is 15.7. The predicted molar refractivity (Wildman–Crippen MR) is 121 cm³/mol. The van der Waals surface area contributed by atoms with Crippen molar-refractivity contribution in [2.45, 2.75) is 87.7 Å². The highest BCUT2D eigenvalue weighted by atomic mass is 32.2. The number of benzene rings is 1. The van der Waals surface area contributed by atoms with E-state index >= 15 is 0 Å². The van der Waals surface area contributed by atoms with Gasteiger partial charge in [-0.05, 0) is 49.8 Å². The molecular weight excluding hydrogens is 376 g/mol. The van der Waals surface area contributed by atoms with Gasteiger partial charge < -0.3 is 0 Å². The van der Waals surface area contributed by atoms with Gasteiger partial charge >= 0.3 is 0 Å². The first-order valence-electron chi connectivity index (χ1n) is 11.5. The fourth-order valence-corrected chi connectivity index (χ4v) is 6.72. The van der Waals surface area contributed by atoms with Crippen molar-refractivity contribution in [3.05, 3.63) is 45.7 Å². The van der Waals surface area contributed by atoms with Crippen molar-refractivity contribution in [2.24, 2.45) is 5.92 Å². The lowest BCUT2D eigenvalue weighted by Crippen LogP contribution is -2.40. The minimum absolute atomic E-state index is 0.145. The van der Waals surface area contributed by atoms with Crippen molar-refractivity contribution in [2.75, 3.05) is 6.26 Å². The lowest BCUT2D eigenvalue weighted by molar-refractivity contribution is 0.282. The summed E-state index contributed by atoms with van der Waals surface area (Å²) in [5.41, 5.74) is 4.99. The third kappa shape index (κ3) is 3.37. The highest BCUT2D eigenvalue weighted by Gasteiger charge is 2.41. The van der Waals surface area contributed by atoms with E-state index in [9.17, 15) is 4.79 Å². The smallest absolute Gasteiger partial charge is 0.258 e. The molecule has 2 aromatic rings. The standard InChI is InChI=1S/C25H32N2OS/c1-29-24-26-22-19-12-6-7-13-21(19)25(14-8-3-9-15-25)16-20(22)23(28)27(24)17-18-10-4-2-5-11-18/h6-7,12-13,18H,2-5,8-11,14-17H2,1H3. The molecule has 5 rings (SSSR count). The summed E-state index contributed by atoms with van der Waals surface area (Å²) in [7, 11) is 0. The Hall–Kier alpha value is -1.55. The first-order chi connectivity index (χ1) is 14.2. The molecule has 4 heteroatoms. The van der Waals surface area contributed by atoms with Gasteiger partial charge in [0.1, 0.15) is 0 Å². The molecule has 2 saturated carbocycles. The van der Waals surface area contributed by atoms with Gasteiger partial charge in [-0.25, -0.2) is 4.98 Å². The lowest BCUT2D eigenvalue weighted by atomic mass is 9.62. The number of hydrogen-bond donors (Lipinski definition) is 0. The molecule has 3 nitrogen and oxygen atoms in total. The van der Waals surface area contributed by atoms with Gasteiger partial charge in [-0.3, -0.25) is 9.36 Å². The molecule has 1 heterocycles. The van der Waals surface area contributed by atoms with Crippen LogP contribution in [0.15, 0.2) is 34.2 Å². The van der Waals surface area contributed by atoms with Crippen LogP contribution in [0.4, 0.5) is 0 Å². The van der Waals surface area contributed by atoms with E-state index in [0.717, 1.165) is 29.4 Å². The van der Waals surface area contributed by atoms with Crippen LogP contribution in [0.25, 0.3) is 11.3 Å². The summed E-state index contributed by atoms with van der Waals surface area (Å²) < 4.78 is 2.03. The van der Waals surface area contributed by atoms with Crippen LogP contribution < -0.4 is 5.56 Å². The molecule has 2 fully saturated rings. The number of aromatic nitrogens is 2. The topological polar surface area (TPSA) is 34.9 Å². The summed E-state index contributed by atoms with van der Waals surface area (Å²) in [6.45, 7) is 0.851. The van der Waals surface area contributed by atoms with E-state index in [2.05, 4.69) is 30.5 Å². The predicted octanol–water partition coefficient (Wildman–Crippen LogP) is 5.97. The summed E-state index contributed by atoms with van der Waals surface area (Å²) in [5, 5.41) is 0.897. The zero-order chi connectivity index (χ0) is 19.8. The quantitative estimate of drug-likeness (QED) is 0.463. The second-order valence-electron chi connectivity index (χ2n) is 9.41. The Morgan fingerprint density at radius 1 is 1.07 bits per heavy atom. The van der Waals surface area contributed by atoms with Crippen molar-refractivity contribution in [3.8, 4) is 11.3 Å². The Labute approximate surface area is 178 Å². The SMILES string of the molecule is CSc1nc2c(c(=O)n1CC1CCCCC1)CC1(CCCCC1)c1ccccc1-2. The number of hydrogen-bond acceptors (Lipinski definition) is 3. The monoisotopic (exact) mass is 408 g/mol. The van der Waals surface area contributed by atoms with Crippen LogP contribution in [0.2, 0.25) is 0 Å². The van der Waals surface area contributed by atoms with Crippen LogP contribution in [0.5, 0.6) is 0 Å². The van der Waals surface area contributed by atoms with Crippen LogP contribution >= 0.6 is 11.8 Å². The van der Waals surface area contributed by atoms with E-state index in [-0.39, 0.29) is 11.0 Å². The van der Waals surface area contributed by atoms with Crippen molar-refractivity contribution < 1.29 is 0 Å². The Morgan fingerprint density at radius 3 is 2.55 bits per heavy atom. The molecule has 1 spiro atoms. The largest absolute Gasteiger partial charge is 0.287 e. The van der Waals surface area contributed by atoms with E-state index in [1.165, 1.54) is 75.3 Å². The van der Waals surface area contributed by atoms with E-state index in [1.54, 1.807) is 11.8 Å². The van der Waals surface area contributed by atoms with E-state index in [0.29, 0.717) is 5.92 Å². The zero-order valence-electron chi connectivity index (χ0n) is 17.6. The Balaban J connectivity index is 1.64. The van der Waals surface area contributed by atoms with Gasteiger partial charge in [0.15, 0.2) is 5.16 Å². The molecule has 29 heavy (non-hydrogen) atoms. The fraction of sp³-hybridized carbons (Fsp3) is 0.600. The first kappa shape index (κ1) is 19.4. The number of fused-ring (bicyclic) bond motifs is 4. The van der Waals surface area contributed by atoms with Gasteiger partial charge in [0.2, 0.25) is 0 Å². The maximum atomic E-state index is 13.8. The lowest BCUT2D eigenvalue weighted by Gasteiger charge is -2.42. The molecule has 3 aliphatic carbocycles. The van der Waals surface area contributed by atoms with Crippen LogP contribution in [0.1, 0.15) is 75.3 Å². The molecule has 0 saturated heterocycles. The second kappa shape index (κ2) is 7.94. The number of rotatable bonds is 3. The van der Waals surface area contributed by atoms with Crippen molar-refractivity contribution in [1.82, 2.24) is 9.55 Å². The average Bonchev–Trinajstić information content (AvgIpc) is 2.78. The first-order valence-corrected chi connectivity index (χ1v) is 12.7. The summed E-state index contributed by atoms with van der Waals surface area (Å²) in [6, 6.07) is 8.78. The van der Waals surface area contributed by atoms with Gasteiger partial charge in [0.25, 0.3) is 5.56 Å². The van der Waals surface area contributed by atoms with Crippen molar-refractivity contribution in [1.29, 1.82) is 0 Å². The molecule has 0 bridgehead atoms.